The highest BCUT2D eigenvalue weighted by molar-refractivity contribution is 5.94. The standard InChI is InChI=1S/C14H16F4N2O/c1-8-6-20(7-9(2)19-8)13(21)10-3-11(14(16,17)18)5-12(15)4-10/h3-5,8-9,19H,6-7H2,1-2H3/t8-,9-/m0/s1. The quantitative estimate of drug-likeness (QED) is 0.809. The summed E-state index contributed by atoms with van der Waals surface area (Å²) in [6.45, 7) is 4.51. The Kier molecular flexibility index (Phi) is 4.22. The minimum absolute atomic E-state index is 0.0355. The molecule has 1 N–H and O–H groups in total. The average Bonchev–Trinajstić information content (AvgIpc) is 2.35. The maximum Gasteiger partial charge on any atom is 0.416 e. The van der Waals surface area contributed by atoms with Crippen LogP contribution in [0.15, 0.2) is 18.2 Å². The number of hydrogen-bond acceptors (Lipinski definition) is 2. The maximum atomic E-state index is 13.4. The molecule has 1 heterocycles. The number of nitrogens with zero attached hydrogens (tertiary/aromatic N) is 1. The highest BCUT2D eigenvalue weighted by Gasteiger charge is 2.33. The summed E-state index contributed by atoms with van der Waals surface area (Å²) in [6.07, 6.45) is -4.68. The lowest BCUT2D eigenvalue weighted by atomic mass is 10.1. The average molecular weight is 304 g/mol. The topological polar surface area (TPSA) is 32.3 Å². The predicted molar refractivity (Wildman–Crippen MR) is 69.4 cm³/mol. The van der Waals surface area contributed by atoms with Gasteiger partial charge in [0.1, 0.15) is 5.82 Å². The summed E-state index contributed by atoms with van der Waals surface area (Å²) in [6, 6.07) is 2.00. The van der Waals surface area contributed by atoms with Crippen molar-refractivity contribution in [1.82, 2.24) is 10.2 Å². The Morgan fingerprint density at radius 3 is 2.29 bits per heavy atom. The number of alkyl halides is 3. The van der Waals surface area contributed by atoms with Gasteiger partial charge in [-0.05, 0) is 32.0 Å². The lowest BCUT2D eigenvalue weighted by molar-refractivity contribution is -0.137. The fourth-order valence-electron chi connectivity index (χ4n) is 2.55. The van der Waals surface area contributed by atoms with E-state index in [0.29, 0.717) is 25.2 Å². The van der Waals surface area contributed by atoms with E-state index in [1.807, 2.05) is 13.8 Å². The first-order valence-electron chi connectivity index (χ1n) is 6.60. The number of piperazine rings is 1. The van der Waals surface area contributed by atoms with Crippen LogP contribution in [0.1, 0.15) is 29.8 Å². The number of hydrogen-bond donors (Lipinski definition) is 1. The smallest absolute Gasteiger partial charge is 0.336 e. The van der Waals surface area contributed by atoms with Crippen molar-refractivity contribution in [2.75, 3.05) is 13.1 Å². The second-order valence-corrected chi connectivity index (χ2v) is 5.41. The fourth-order valence-corrected chi connectivity index (χ4v) is 2.55. The van der Waals surface area contributed by atoms with E-state index in [2.05, 4.69) is 5.32 Å². The van der Waals surface area contributed by atoms with Gasteiger partial charge in [0.25, 0.3) is 5.91 Å². The largest absolute Gasteiger partial charge is 0.416 e. The van der Waals surface area contributed by atoms with E-state index in [1.165, 1.54) is 4.90 Å². The molecule has 0 unspecified atom stereocenters. The first-order valence-corrected chi connectivity index (χ1v) is 6.60. The molecule has 21 heavy (non-hydrogen) atoms. The van der Waals surface area contributed by atoms with Crippen molar-refractivity contribution in [3.8, 4) is 0 Å². The van der Waals surface area contributed by atoms with Crippen LogP contribution in [0, 0.1) is 5.82 Å². The van der Waals surface area contributed by atoms with Gasteiger partial charge < -0.3 is 10.2 Å². The number of nitrogens with one attached hydrogen (secondary N) is 1. The van der Waals surface area contributed by atoms with Gasteiger partial charge in [-0.2, -0.15) is 13.2 Å². The van der Waals surface area contributed by atoms with Crippen LogP contribution in [-0.2, 0) is 6.18 Å². The van der Waals surface area contributed by atoms with E-state index in [9.17, 15) is 22.4 Å². The molecule has 1 saturated heterocycles. The zero-order chi connectivity index (χ0) is 15.8. The van der Waals surface area contributed by atoms with E-state index in [-0.39, 0.29) is 17.6 Å². The molecule has 0 saturated carbocycles. The third kappa shape index (κ3) is 3.72. The first-order chi connectivity index (χ1) is 9.66. The van der Waals surface area contributed by atoms with Crippen LogP contribution in [0.2, 0.25) is 0 Å². The highest BCUT2D eigenvalue weighted by Crippen LogP contribution is 2.30. The van der Waals surface area contributed by atoms with Gasteiger partial charge in [0.2, 0.25) is 0 Å². The van der Waals surface area contributed by atoms with E-state index >= 15 is 0 Å². The molecule has 116 valence electrons. The summed E-state index contributed by atoms with van der Waals surface area (Å²) in [5, 5.41) is 3.21. The molecule has 0 aromatic heterocycles. The van der Waals surface area contributed by atoms with Crippen molar-refractivity contribution in [2.24, 2.45) is 0 Å². The number of halogens is 4. The van der Waals surface area contributed by atoms with E-state index in [1.54, 1.807) is 0 Å². The van der Waals surface area contributed by atoms with Gasteiger partial charge in [-0.1, -0.05) is 0 Å². The van der Waals surface area contributed by atoms with Gasteiger partial charge >= 0.3 is 6.18 Å². The molecule has 1 amide bonds. The molecular weight excluding hydrogens is 288 g/mol. The lowest BCUT2D eigenvalue weighted by Crippen LogP contribution is -2.55. The molecule has 2 atom stereocenters. The minimum atomic E-state index is -4.68. The summed E-state index contributed by atoms with van der Waals surface area (Å²) in [7, 11) is 0. The molecule has 0 spiro atoms. The molecule has 1 aliphatic rings. The van der Waals surface area contributed by atoms with Crippen LogP contribution in [0.4, 0.5) is 17.6 Å². The number of amides is 1. The molecule has 1 aromatic rings. The Bertz CT molecular complexity index is 534. The van der Waals surface area contributed by atoms with Gasteiger partial charge in [-0.3, -0.25) is 4.79 Å². The Morgan fingerprint density at radius 2 is 1.76 bits per heavy atom. The van der Waals surface area contributed by atoms with E-state index in [4.69, 9.17) is 0 Å². The SMILES string of the molecule is C[C@H]1CN(C(=O)c2cc(F)cc(C(F)(F)F)c2)C[C@H](C)N1. The predicted octanol–water partition coefficient (Wildman–Crippen LogP) is 2.67. The molecule has 1 fully saturated rings. The van der Waals surface area contributed by atoms with Gasteiger partial charge in [0.15, 0.2) is 0 Å². The van der Waals surface area contributed by atoms with Crippen LogP contribution in [0.25, 0.3) is 0 Å². The Labute approximate surface area is 119 Å². The first kappa shape index (κ1) is 15.8. The second kappa shape index (κ2) is 5.63. The second-order valence-electron chi connectivity index (χ2n) is 5.41. The fraction of sp³-hybridized carbons (Fsp3) is 0.500. The summed E-state index contributed by atoms with van der Waals surface area (Å²) in [5.74, 6) is -1.65. The van der Waals surface area contributed by atoms with Gasteiger partial charge in [-0.15, -0.1) is 0 Å². The van der Waals surface area contributed by atoms with Crippen molar-refractivity contribution in [3.05, 3.63) is 35.1 Å². The van der Waals surface area contributed by atoms with Gasteiger partial charge in [0, 0.05) is 30.7 Å². The Balaban J connectivity index is 2.29. The molecule has 0 bridgehead atoms. The Morgan fingerprint density at radius 1 is 1.19 bits per heavy atom. The van der Waals surface area contributed by atoms with Crippen LogP contribution in [0.3, 0.4) is 0 Å². The van der Waals surface area contributed by atoms with Crippen molar-refractivity contribution in [2.45, 2.75) is 32.1 Å². The molecule has 0 radical (unpaired) electrons. The van der Waals surface area contributed by atoms with Crippen molar-refractivity contribution >= 4 is 5.91 Å². The molecular formula is C14H16F4N2O. The van der Waals surface area contributed by atoms with E-state index in [0.717, 1.165) is 6.07 Å². The van der Waals surface area contributed by atoms with Crippen LogP contribution < -0.4 is 5.32 Å². The molecule has 1 aliphatic heterocycles. The number of carbonyl (C=O) groups excluding carboxylic acids is 1. The van der Waals surface area contributed by atoms with Gasteiger partial charge in [-0.25, -0.2) is 4.39 Å². The van der Waals surface area contributed by atoms with Crippen molar-refractivity contribution in [3.63, 3.8) is 0 Å². The molecule has 2 rings (SSSR count). The van der Waals surface area contributed by atoms with Crippen molar-refractivity contribution in [1.29, 1.82) is 0 Å². The number of rotatable bonds is 1. The van der Waals surface area contributed by atoms with Crippen LogP contribution in [0.5, 0.6) is 0 Å². The zero-order valence-corrected chi connectivity index (χ0v) is 11.7. The normalized spacial score (nSPS) is 23.2. The van der Waals surface area contributed by atoms with Gasteiger partial charge in [0.05, 0.1) is 5.56 Å². The maximum absolute atomic E-state index is 13.4. The highest BCUT2D eigenvalue weighted by atomic mass is 19.4. The molecule has 7 heteroatoms. The summed E-state index contributed by atoms with van der Waals surface area (Å²) >= 11 is 0. The zero-order valence-electron chi connectivity index (χ0n) is 11.7. The third-order valence-corrected chi connectivity index (χ3v) is 3.32. The van der Waals surface area contributed by atoms with Crippen molar-refractivity contribution < 1.29 is 22.4 Å². The number of carbonyl (C=O) groups is 1. The molecule has 0 aliphatic carbocycles. The van der Waals surface area contributed by atoms with Crippen LogP contribution >= 0.6 is 0 Å². The minimum Gasteiger partial charge on any atom is -0.336 e. The summed E-state index contributed by atoms with van der Waals surface area (Å²) in [5.41, 5.74) is -1.43. The summed E-state index contributed by atoms with van der Waals surface area (Å²) < 4.78 is 51.4. The number of benzene rings is 1. The lowest BCUT2D eigenvalue weighted by Gasteiger charge is -2.36. The van der Waals surface area contributed by atoms with Crippen LogP contribution in [-0.4, -0.2) is 36.0 Å². The third-order valence-electron chi connectivity index (χ3n) is 3.32. The molecule has 3 nitrogen and oxygen atoms in total. The molecule has 1 aromatic carbocycles. The summed E-state index contributed by atoms with van der Waals surface area (Å²) in [4.78, 5) is 13.7. The van der Waals surface area contributed by atoms with E-state index < -0.39 is 23.5 Å². The Hall–Kier alpha value is -1.63. The monoisotopic (exact) mass is 304 g/mol.